The maximum atomic E-state index is 12.5. The lowest BCUT2D eigenvalue weighted by molar-refractivity contribution is -0.127. The molecule has 138 valence electrons. The number of amides is 3. The molecule has 6 nitrogen and oxygen atoms in total. The largest absolute Gasteiger partial charge is 0.497 e. The quantitative estimate of drug-likeness (QED) is 0.799. The lowest BCUT2D eigenvalue weighted by Gasteiger charge is -2.13. The van der Waals surface area contributed by atoms with Crippen molar-refractivity contribution in [2.75, 3.05) is 19.0 Å². The van der Waals surface area contributed by atoms with Crippen LogP contribution in [0.5, 0.6) is 5.75 Å². The Labute approximate surface area is 161 Å². The predicted octanol–water partition coefficient (Wildman–Crippen LogP) is 3.68. The molecule has 1 saturated heterocycles. The zero-order chi connectivity index (χ0) is 19.4. The minimum atomic E-state index is -0.472. The van der Waals surface area contributed by atoms with Crippen molar-refractivity contribution >= 4 is 40.6 Å². The molecule has 1 aliphatic heterocycles. The van der Waals surface area contributed by atoms with Crippen molar-refractivity contribution in [2.24, 2.45) is 0 Å². The second-order valence-electron chi connectivity index (χ2n) is 5.90. The van der Waals surface area contributed by atoms with E-state index in [1.165, 1.54) is 0 Å². The fourth-order valence-corrected chi connectivity index (χ4v) is 3.37. The van der Waals surface area contributed by atoms with Gasteiger partial charge in [-0.15, -0.1) is 0 Å². The number of rotatable bonds is 5. The zero-order valence-corrected chi connectivity index (χ0v) is 15.7. The Bertz CT molecular complexity index is 922. The van der Waals surface area contributed by atoms with E-state index in [1.807, 2.05) is 19.1 Å². The molecule has 1 N–H and O–H groups in total. The van der Waals surface area contributed by atoms with Crippen molar-refractivity contribution in [3.8, 4) is 5.75 Å². The van der Waals surface area contributed by atoms with E-state index in [2.05, 4.69) is 5.32 Å². The number of imide groups is 1. The van der Waals surface area contributed by atoms with Crippen LogP contribution in [0.25, 0.3) is 6.08 Å². The summed E-state index contributed by atoms with van der Waals surface area (Å²) in [4.78, 5) is 38.2. The smallest absolute Gasteiger partial charge is 0.294 e. The second kappa shape index (κ2) is 8.09. The molecule has 0 spiro atoms. The van der Waals surface area contributed by atoms with Gasteiger partial charge in [-0.05, 0) is 54.1 Å². The maximum absolute atomic E-state index is 12.5. The van der Waals surface area contributed by atoms with Gasteiger partial charge in [-0.25, -0.2) is 0 Å². The Hall–Kier alpha value is -3.06. The van der Waals surface area contributed by atoms with Gasteiger partial charge in [-0.2, -0.15) is 0 Å². The molecular formula is C20H18N2O4S. The van der Waals surface area contributed by atoms with Crippen LogP contribution >= 0.6 is 11.8 Å². The average Bonchev–Trinajstić information content (AvgIpc) is 2.91. The topological polar surface area (TPSA) is 75.7 Å². The number of hydrogen-bond acceptors (Lipinski definition) is 5. The Morgan fingerprint density at radius 3 is 2.52 bits per heavy atom. The molecule has 2 aromatic rings. The number of anilines is 1. The van der Waals surface area contributed by atoms with Gasteiger partial charge < -0.3 is 10.1 Å². The summed E-state index contributed by atoms with van der Waals surface area (Å²) >= 11 is 0.825. The summed E-state index contributed by atoms with van der Waals surface area (Å²) in [7, 11) is 1.57. The molecule has 3 amide bonds. The molecule has 0 saturated carbocycles. The van der Waals surface area contributed by atoms with Gasteiger partial charge in [0.1, 0.15) is 12.3 Å². The van der Waals surface area contributed by atoms with Gasteiger partial charge in [0.15, 0.2) is 0 Å². The van der Waals surface area contributed by atoms with Crippen LogP contribution in [-0.2, 0) is 9.59 Å². The second-order valence-corrected chi connectivity index (χ2v) is 6.90. The highest BCUT2D eigenvalue weighted by molar-refractivity contribution is 8.18. The van der Waals surface area contributed by atoms with E-state index in [9.17, 15) is 14.4 Å². The summed E-state index contributed by atoms with van der Waals surface area (Å²) in [5, 5.41) is 2.27. The Morgan fingerprint density at radius 2 is 1.85 bits per heavy atom. The van der Waals surface area contributed by atoms with Crippen molar-refractivity contribution in [3.05, 3.63) is 64.6 Å². The standard InChI is InChI=1S/C20H18N2O4S/c1-13-5-3-4-6-16(13)21-18(23)12-22-19(24)17(27-20(22)25)11-14-7-9-15(26-2)10-8-14/h3-11H,12H2,1-2H3,(H,21,23)/b17-11+. The highest BCUT2D eigenvalue weighted by Gasteiger charge is 2.36. The number of carbonyl (C=O) groups excluding carboxylic acids is 3. The first-order chi connectivity index (χ1) is 13.0. The monoisotopic (exact) mass is 382 g/mol. The van der Waals surface area contributed by atoms with Crippen molar-refractivity contribution < 1.29 is 19.1 Å². The molecule has 0 aliphatic carbocycles. The summed E-state index contributed by atoms with van der Waals surface area (Å²) in [5.41, 5.74) is 2.33. The Balaban J connectivity index is 1.69. The van der Waals surface area contributed by atoms with Gasteiger partial charge >= 0.3 is 0 Å². The molecule has 27 heavy (non-hydrogen) atoms. The van der Waals surface area contributed by atoms with Crippen LogP contribution in [0.3, 0.4) is 0 Å². The number of nitrogens with zero attached hydrogens (tertiary/aromatic N) is 1. The van der Waals surface area contributed by atoms with Gasteiger partial charge in [0.25, 0.3) is 11.1 Å². The third kappa shape index (κ3) is 4.38. The van der Waals surface area contributed by atoms with Crippen LogP contribution in [0.2, 0.25) is 0 Å². The SMILES string of the molecule is COc1ccc(/C=C2/SC(=O)N(CC(=O)Nc3ccccc3C)C2=O)cc1. The summed E-state index contributed by atoms with van der Waals surface area (Å²) in [5.74, 6) is -0.189. The summed E-state index contributed by atoms with van der Waals surface area (Å²) in [6, 6.07) is 14.4. The highest BCUT2D eigenvalue weighted by atomic mass is 32.2. The van der Waals surface area contributed by atoms with E-state index in [4.69, 9.17) is 4.74 Å². The van der Waals surface area contributed by atoms with Gasteiger partial charge in [-0.3, -0.25) is 19.3 Å². The van der Waals surface area contributed by atoms with Crippen LogP contribution in [0.1, 0.15) is 11.1 Å². The first-order valence-corrected chi connectivity index (χ1v) is 9.04. The molecule has 0 aromatic heterocycles. The van der Waals surface area contributed by atoms with E-state index in [0.717, 1.165) is 27.8 Å². The zero-order valence-electron chi connectivity index (χ0n) is 14.9. The van der Waals surface area contributed by atoms with Crippen LogP contribution in [0.15, 0.2) is 53.4 Å². The molecule has 2 aromatic carbocycles. The third-order valence-corrected chi connectivity index (χ3v) is 4.92. The normalized spacial score (nSPS) is 15.3. The molecule has 0 radical (unpaired) electrons. The number of hydrogen-bond donors (Lipinski definition) is 1. The Morgan fingerprint density at radius 1 is 1.15 bits per heavy atom. The van der Waals surface area contributed by atoms with E-state index in [-0.39, 0.29) is 11.4 Å². The number of methoxy groups -OCH3 is 1. The fourth-order valence-electron chi connectivity index (χ4n) is 2.53. The molecule has 7 heteroatoms. The predicted molar refractivity (Wildman–Crippen MR) is 105 cm³/mol. The van der Waals surface area contributed by atoms with E-state index >= 15 is 0 Å². The molecule has 1 heterocycles. The Kier molecular flexibility index (Phi) is 5.61. The minimum absolute atomic E-state index is 0.286. The van der Waals surface area contributed by atoms with Crippen molar-refractivity contribution in [2.45, 2.75) is 6.92 Å². The lowest BCUT2D eigenvalue weighted by atomic mass is 10.2. The van der Waals surface area contributed by atoms with Gasteiger partial charge in [0, 0.05) is 5.69 Å². The number of thioether (sulfide) groups is 1. The fraction of sp³-hybridized carbons (Fsp3) is 0.150. The lowest BCUT2D eigenvalue weighted by Crippen LogP contribution is -2.36. The minimum Gasteiger partial charge on any atom is -0.497 e. The first kappa shape index (κ1) is 18.7. The number of aryl methyl sites for hydroxylation is 1. The number of carbonyl (C=O) groups is 3. The van der Waals surface area contributed by atoms with Gasteiger partial charge in [0.2, 0.25) is 5.91 Å². The van der Waals surface area contributed by atoms with Crippen LogP contribution in [0.4, 0.5) is 10.5 Å². The third-order valence-electron chi connectivity index (χ3n) is 4.01. The van der Waals surface area contributed by atoms with E-state index in [0.29, 0.717) is 11.4 Å². The molecular weight excluding hydrogens is 364 g/mol. The van der Waals surface area contributed by atoms with E-state index < -0.39 is 17.1 Å². The average molecular weight is 382 g/mol. The molecule has 1 fully saturated rings. The summed E-state index contributed by atoms with van der Waals surface area (Å²) < 4.78 is 5.10. The molecule has 1 aliphatic rings. The maximum Gasteiger partial charge on any atom is 0.294 e. The van der Waals surface area contributed by atoms with Gasteiger partial charge in [0.05, 0.1) is 12.0 Å². The highest BCUT2D eigenvalue weighted by Crippen LogP contribution is 2.32. The number of para-hydroxylation sites is 1. The van der Waals surface area contributed by atoms with Crippen molar-refractivity contribution in [1.82, 2.24) is 4.90 Å². The van der Waals surface area contributed by atoms with Gasteiger partial charge in [-0.1, -0.05) is 30.3 Å². The first-order valence-electron chi connectivity index (χ1n) is 8.23. The number of benzene rings is 2. The van der Waals surface area contributed by atoms with E-state index in [1.54, 1.807) is 49.6 Å². The molecule has 0 bridgehead atoms. The van der Waals surface area contributed by atoms with Crippen LogP contribution in [-0.4, -0.2) is 35.6 Å². The number of ether oxygens (including phenoxy) is 1. The molecule has 0 atom stereocenters. The van der Waals surface area contributed by atoms with Crippen molar-refractivity contribution in [3.63, 3.8) is 0 Å². The molecule has 3 rings (SSSR count). The number of nitrogens with one attached hydrogen (secondary N) is 1. The van der Waals surface area contributed by atoms with Crippen molar-refractivity contribution in [1.29, 1.82) is 0 Å². The van der Waals surface area contributed by atoms with Crippen LogP contribution in [0, 0.1) is 6.92 Å². The summed E-state index contributed by atoms with van der Waals surface area (Å²) in [6.07, 6.45) is 1.63. The summed E-state index contributed by atoms with van der Waals surface area (Å²) in [6.45, 7) is 1.55. The molecule has 0 unspecified atom stereocenters. The van der Waals surface area contributed by atoms with Crippen LogP contribution < -0.4 is 10.1 Å².